The fourth-order valence-electron chi connectivity index (χ4n) is 3.14. The van der Waals surface area contributed by atoms with Crippen LogP contribution in [0.5, 0.6) is 0 Å². The summed E-state index contributed by atoms with van der Waals surface area (Å²) in [5.74, 6) is 0.0990. The van der Waals surface area contributed by atoms with Gasteiger partial charge in [-0.2, -0.15) is 0 Å². The van der Waals surface area contributed by atoms with Crippen LogP contribution in [0.2, 0.25) is 5.02 Å². The van der Waals surface area contributed by atoms with Crippen molar-refractivity contribution in [2.24, 2.45) is 0 Å². The number of halogens is 1. The zero-order chi connectivity index (χ0) is 19.5. The minimum Gasteiger partial charge on any atom is -0.314 e. The van der Waals surface area contributed by atoms with Gasteiger partial charge in [0.25, 0.3) is 0 Å². The highest BCUT2D eigenvalue weighted by atomic mass is 35.5. The summed E-state index contributed by atoms with van der Waals surface area (Å²) < 4.78 is 2.15. The second-order valence-electron chi connectivity index (χ2n) is 6.59. The molecule has 3 nitrogen and oxygen atoms in total. The molecule has 0 N–H and O–H groups in total. The Labute approximate surface area is 173 Å². The quantitative estimate of drug-likeness (QED) is 0.286. The number of ketones is 1. The van der Waals surface area contributed by atoms with E-state index in [0.717, 1.165) is 21.8 Å². The molecule has 0 saturated heterocycles. The van der Waals surface area contributed by atoms with Gasteiger partial charge >= 0.3 is 0 Å². The molecule has 3 aromatic carbocycles. The van der Waals surface area contributed by atoms with Gasteiger partial charge < -0.3 is 4.57 Å². The van der Waals surface area contributed by atoms with Crippen molar-refractivity contribution in [2.45, 2.75) is 23.9 Å². The van der Waals surface area contributed by atoms with Gasteiger partial charge in [0.05, 0.1) is 22.8 Å². The van der Waals surface area contributed by atoms with Crippen LogP contribution in [-0.2, 0) is 6.54 Å². The van der Waals surface area contributed by atoms with Crippen LogP contribution in [0, 0.1) is 0 Å². The molecular weight excluding hydrogens is 388 g/mol. The van der Waals surface area contributed by atoms with E-state index in [1.54, 1.807) is 0 Å². The monoisotopic (exact) mass is 406 g/mol. The molecule has 0 amide bonds. The van der Waals surface area contributed by atoms with E-state index in [0.29, 0.717) is 11.6 Å². The van der Waals surface area contributed by atoms with Gasteiger partial charge in [-0.15, -0.1) is 0 Å². The summed E-state index contributed by atoms with van der Waals surface area (Å²) in [6.45, 7) is 2.62. The Hall–Kier alpha value is -2.56. The lowest BCUT2D eigenvalue weighted by molar-refractivity contribution is 0.0994. The third-order valence-electron chi connectivity index (χ3n) is 4.57. The Kier molecular flexibility index (Phi) is 5.51. The number of fused-ring (bicyclic) bond motifs is 1. The maximum atomic E-state index is 12.8. The number of Topliss-reactive ketones (excluding diaryl/α,β-unsaturated/α-hetero) is 1. The number of carbonyl (C=O) groups excluding carboxylic acids is 1. The summed E-state index contributed by atoms with van der Waals surface area (Å²) >= 11 is 7.65. The average Bonchev–Trinajstić information content (AvgIpc) is 3.04. The molecular formula is C23H19ClN2OS. The van der Waals surface area contributed by atoms with Crippen molar-refractivity contribution in [3.8, 4) is 0 Å². The standard InChI is InChI=1S/C23H19ClN2OS/c1-16(22(27)18-10-6-3-7-11-18)28-23-25-20-14-19(24)12-13-21(20)26(23)15-17-8-4-2-5-9-17/h2-14,16H,15H2,1H3. The van der Waals surface area contributed by atoms with Crippen molar-refractivity contribution in [3.05, 3.63) is 95.0 Å². The topological polar surface area (TPSA) is 34.9 Å². The molecule has 0 fully saturated rings. The Balaban J connectivity index is 1.69. The van der Waals surface area contributed by atoms with Crippen molar-refractivity contribution in [2.75, 3.05) is 0 Å². The Morgan fingerprint density at radius 1 is 1.04 bits per heavy atom. The number of aromatic nitrogens is 2. The van der Waals surface area contributed by atoms with Gasteiger partial charge in [-0.3, -0.25) is 4.79 Å². The van der Waals surface area contributed by atoms with E-state index in [4.69, 9.17) is 16.6 Å². The lowest BCUT2D eigenvalue weighted by Crippen LogP contribution is -2.14. The van der Waals surface area contributed by atoms with E-state index < -0.39 is 0 Å². The van der Waals surface area contributed by atoms with E-state index in [9.17, 15) is 4.79 Å². The zero-order valence-corrected chi connectivity index (χ0v) is 17.0. The highest BCUT2D eigenvalue weighted by Crippen LogP contribution is 2.30. The fourth-order valence-corrected chi connectivity index (χ4v) is 4.31. The first-order chi connectivity index (χ1) is 13.6. The van der Waals surface area contributed by atoms with Crippen LogP contribution >= 0.6 is 23.4 Å². The number of thioether (sulfide) groups is 1. The summed E-state index contributed by atoms with van der Waals surface area (Å²) in [5.41, 5.74) is 3.75. The average molecular weight is 407 g/mol. The van der Waals surface area contributed by atoms with Gasteiger partial charge in [0, 0.05) is 10.6 Å². The summed E-state index contributed by atoms with van der Waals surface area (Å²) in [6, 6.07) is 25.4. The maximum Gasteiger partial charge on any atom is 0.175 e. The van der Waals surface area contributed by atoms with E-state index in [1.807, 2.05) is 73.7 Å². The number of carbonyl (C=O) groups is 1. The van der Waals surface area contributed by atoms with Crippen LogP contribution in [0.15, 0.2) is 84.0 Å². The summed E-state index contributed by atoms with van der Waals surface area (Å²) in [6.07, 6.45) is 0. The predicted molar refractivity (Wildman–Crippen MR) is 116 cm³/mol. The van der Waals surface area contributed by atoms with Crippen molar-refractivity contribution in [1.29, 1.82) is 0 Å². The number of benzene rings is 3. The van der Waals surface area contributed by atoms with Gasteiger partial charge in [-0.05, 0) is 30.7 Å². The molecule has 0 aliphatic heterocycles. The van der Waals surface area contributed by atoms with Crippen molar-refractivity contribution in [1.82, 2.24) is 9.55 Å². The van der Waals surface area contributed by atoms with Gasteiger partial charge in [0.15, 0.2) is 10.9 Å². The van der Waals surface area contributed by atoms with Crippen LogP contribution < -0.4 is 0 Å². The molecule has 4 aromatic rings. The number of imidazole rings is 1. The van der Waals surface area contributed by atoms with E-state index in [1.165, 1.54) is 17.3 Å². The lowest BCUT2D eigenvalue weighted by Gasteiger charge is -2.13. The molecule has 5 heteroatoms. The third-order valence-corrected chi connectivity index (χ3v) is 5.89. The van der Waals surface area contributed by atoms with Gasteiger partial charge in [-0.1, -0.05) is 84.0 Å². The Bertz CT molecular complexity index is 1110. The number of nitrogens with zero attached hydrogens (tertiary/aromatic N) is 2. The molecule has 1 aromatic heterocycles. The smallest absolute Gasteiger partial charge is 0.175 e. The third kappa shape index (κ3) is 3.98. The molecule has 28 heavy (non-hydrogen) atoms. The molecule has 0 bridgehead atoms. The minimum absolute atomic E-state index is 0.0990. The molecule has 1 heterocycles. The second-order valence-corrected chi connectivity index (χ2v) is 8.33. The normalized spacial score (nSPS) is 12.2. The van der Waals surface area contributed by atoms with Crippen molar-refractivity contribution < 1.29 is 4.79 Å². The van der Waals surface area contributed by atoms with E-state index in [-0.39, 0.29) is 11.0 Å². The van der Waals surface area contributed by atoms with Gasteiger partial charge in [-0.25, -0.2) is 4.98 Å². The van der Waals surface area contributed by atoms with Crippen molar-refractivity contribution >= 4 is 40.2 Å². The first kappa shape index (κ1) is 18.8. The Morgan fingerprint density at radius 3 is 2.43 bits per heavy atom. The lowest BCUT2D eigenvalue weighted by atomic mass is 10.1. The molecule has 1 unspecified atom stereocenters. The van der Waals surface area contributed by atoms with Gasteiger partial charge in [0.1, 0.15) is 0 Å². The predicted octanol–water partition coefficient (Wildman–Crippen LogP) is 6.10. The van der Waals surface area contributed by atoms with E-state index >= 15 is 0 Å². The summed E-state index contributed by atoms with van der Waals surface area (Å²) in [4.78, 5) is 17.6. The molecule has 0 radical (unpaired) electrons. The largest absolute Gasteiger partial charge is 0.314 e. The van der Waals surface area contributed by atoms with Crippen LogP contribution in [0.4, 0.5) is 0 Å². The SMILES string of the molecule is CC(Sc1nc2cc(Cl)ccc2n1Cc1ccccc1)C(=O)c1ccccc1. The highest BCUT2D eigenvalue weighted by molar-refractivity contribution is 8.00. The van der Waals surface area contributed by atoms with Crippen LogP contribution in [-0.4, -0.2) is 20.6 Å². The molecule has 1 atom stereocenters. The number of hydrogen-bond donors (Lipinski definition) is 0. The van der Waals surface area contributed by atoms with Crippen LogP contribution in [0.25, 0.3) is 11.0 Å². The zero-order valence-electron chi connectivity index (χ0n) is 15.4. The van der Waals surface area contributed by atoms with Crippen LogP contribution in [0.1, 0.15) is 22.8 Å². The first-order valence-corrected chi connectivity index (χ1v) is 10.3. The number of hydrogen-bond acceptors (Lipinski definition) is 3. The second kappa shape index (κ2) is 8.21. The highest BCUT2D eigenvalue weighted by Gasteiger charge is 2.21. The van der Waals surface area contributed by atoms with E-state index in [2.05, 4.69) is 16.7 Å². The number of rotatable bonds is 6. The summed E-state index contributed by atoms with van der Waals surface area (Å²) in [5, 5.41) is 1.23. The molecule has 140 valence electrons. The minimum atomic E-state index is -0.246. The van der Waals surface area contributed by atoms with Gasteiger partial charge in [0.2, 0.25) is 0 Å². The summed E-state index contributed by atoms with van der Waals surface area (Å²) in [7, 11) is 0. The van der Waals surface area contributed by atoms with Crippen molar-refractivity contribution in [3.63, 3.8) is 0 Å². The molecule has 0 spiro atoms. The molecule has 4 rings (SSSR count). The maximum absolute atomic E-state index is 12.8. The molecule has 0 aliphatic carbocycles. The Morgan fingerprint density at radius 2 is 1.71 bits per heavy atom. The van der Waals surface area contributed by atoms with Crippen LogP contribution in [0.3, 0.4) is 0 Å². The fraction of sp³-hybridized carbons (Fsp3) is 0.130. The molecule has 0 saturated carbocycles. The molecule has 0 aliphatic rings. The first-order valence-electron chi connectivity index (χ1n) is 9.07.